The Bertz CT molecular complexity index is 524. The molecule has 112 valence electrons. The lowest BCUT2D eigenvalue weighted by Gasteiger charge is -2.12. The highest BCUT2D eigenvalue weighted by Gasteiger charge is 2.21. The van der Waals surface area contributed by atoms with Crippen LogP contribution < -0.4 is 5.32 Å². The van der Waals surface area contributed by atoms with E-state index in [9.17, 15) is 8.42 Å². The highest BCUT2D eigenvalue weighted by molar-refractivity contribution is 7.91. The molecule has 1 fully saturated rings. The molecule has 1 aromatic rings. The van der Waals surface area contributed by atoms with Crippen molar-refractivity contribution in [2.45, 2.75) is 31.1 Å². The molecule has 1 saturated carbocycles. The van der Waals surface area contributed by atoms with Crippen LogP contribution in [0.5, 0.6) is 0 Å². The summed E-state index contributed by atoms with van der Waals surface area (Å²) in [7, 11) is -3.19. The van der Waals surface area contributed by atoms with Crippen LogP contribution in [0.2, 0.25) is 0 Å². The molecule has 0 unspecified atom stereocenters. The normalized spacial score (nSPS) is 15.2. The predicted octanol–water partition coefficient (Wildman–Crippen LogP) is 2.71. The van der Waals surface area contributed by atoms with Crippen molar-refractivity contribution in [1.29, 1.82) is 0 Å². The van der Waals surface area contributed by atoms with Gasteiger partial charge >= 0.3 is 0 Å². The fourth-order valence-corrected chi connectivity index (χ4v) is 3.57. The van der Waals surface area contributed by atoms with Gasteiger partial charge in [0.2, 0.25) is 0 Å². The van der Waals surface area contributed by atoms with Crippen LogP contribution in [0.3, 0.4) is 0 Å². The van der Waals surface area contributed by atoms with Gasteiger partial charge < -0.3 is 10.1 Å². The highest BCUT2D eigenvalue weighted by Crippen LogP contribution is 2.28. The Morgan fingerprint density at radius 2 is 2.05 bits per heavy atom. The maximum Gasteiger partial charge on any atom is 0.180 e. The van der Waals surface area contributed by atoms with Gasteiger partial charge in [0.25, 0.3) is 0 Å². The maximum atomic E-state index is 12.2. The van der Waals surface area contributed by atoms with Crippen LogP contribution in [0, 0.1) is 5.92 Å². The lowest BCUT2D eigenvalue weighted by Crippen LogP contribution is -2.14. The molecule has 5 heteroatoms. The van der Waals surface area contributed by atoms with Crippen molar-refractivity contribution in [3.63, 3.8) is 0 Å². The van der Waals surface area contributed by atoms with Gasteiger partial charge in [0, 0.05) is 13.2 Å². The molecule has 0 atom stereocenters. The third-order valence-corrected chi connectivity index (χ3v) is 5.28. The Balaban J connectivity index is 1.89. The van der Waals surface area contributed by atoms with Gasteiger partial charge in [-0.3, -0.25) is 0 Å². The minimum absolute atomic E-state index is 0.184. The Morgan fingerprint density at radius 3 is 2.75 bits per heavy atom. The molecular formula is C15H23NO3S. The number of para-hydroxylation sites is 1. The van der Waals surface area contributed by atoms with Gasteiger partial charge in [-0.25, -0.2) is 8.42 Å². The second-order valence-corrected chi connectivity index (χ2v) is 7.34. The smallest absolute Gasteiger partial charge is 0.180 e. The average Bonchev–Trinajstić information content (AvgIpc) is 3.23. The van der Waals surface area contributed by atoms with E-state index in [1.165, 1.54) is 12.8 Å². The highest BCUT2D eigenvalue weighted by atomic mass is 32.2. The van der Waals surface area contributed by atoms with E-state index in [0.29, 0.717) is 30.2 Å². The van der Waals surface area contributed by atoms with Crippen molar-refractivity contribution >= 4 is 15.5 Å². The van der Waals surface area contributed by atoms with Crippen LogP contribution in [0.1, 0.15) is 26.2 Å². The Kier molecular flexibility index (Phi) is 5.43. The Morgan fingerprint density at radius 1 is 1.30 bits per heavy atom. The summed E-state index contributed by atoms with van der Waals surface area (Å²) < 4.78 is 29.9. The summed E-state index contributed by atoms with van der Waals surface area (Å²) in [6, 6.07) is 7.08. The molecule has 0 saturated heterocycles. The van der Waals surface area contributed by atoms with E-state index in [0.717, 1.165) is 12.5 Å². The molecule has 4 nitrogen and oxygen atoms in total. The quantitative estimate of drug-likeness (QED) is 0.712. The topological polar surface area (TPSA) is 55.4 Å². The molecular weight excluding hydrogens is 274 g/mol. The van der Waals surface area contributed by atoms with Gasteiger partial charge in [-0.1, -0.05) is 19.1 Å². The molecule has 1 aromatic carbocycles. The number of rotatable bonds is 9. The summed E-state index contributed by atoms with van der Waals surface area (Å²) in [5.41, 5.74) is 0.677. The molecule has 20 heavy (non-hydrogen) atoms. The number of anilines is 1. The zero-order chi connectivity index (χ0) is 14.4. The fraction of sp³-hybridized carbons (Fsp3) is 0.600. The first kappa shape index (κ1) is 15.3. The third-order valence-electron chi connectivity index (χ3n) is 3.31. The minimum Gasteiger partial charge on any atom is -0.382 e. The number of hydrogen-bond donors (Lipinski definition) is 1. The van der Waals surface area contributed by atoms with Crippen LogP contribution in [-0.2, 0) is 14.6 Å². The molecule has 1 N–H and O–H groups in total. The van der Waals surface area contributed by atoms with Crippen molar-refractivity contribution in [3.05, 3.63) is 24.3 Å². The molecule has 0 radical (unpaired) electrons. The second-order valence-electron chi connectivity index (χ2n) is 5.26. The lowest BCUT2D eigenvalue weighted by atomic mass is 10.3. The molecule has 1 aliphatic carbocycles. The summed E-state index contributed by atoms with van der Waals surface area (Å²) >= 11 is 0. The first-order valence-corrected chi connectivity index (χ1v) is 8.92. The molecule has 0 bridgehead atoms. The first-order valence-electron chi connectivity index (χ1n) is 7.27. The van der Waals surface area contributed by atoms with Gasteiger partial charge in [0.05, 0.1) is 22.9 Å². The van der Waals surface area contributed by atoms with Crippen molar-refractivity contribution in [2.75, 3.05) is 30.8 Å². The van der Waals surface area contributed by atoms with E-state index in [2.05, 4.69) is 5.32 Å². The summed E-state index contributed by atoms with van der Waals surface area (Å²) in [5.74, 6) is 0.941. The van der Waals surface area contributed by atoms with Crippen molar-refractivity contribution in [3.8, 4) is 0 Å². The first-order chi connectivity index (χ1) is 9.63. The molecule has 2 rings (SSSR count). The van der Waals surface area contributed by atoms with Crippen molar-refractivity contribution in [2.24, 2.45) is 5.92 Å². The standard InChI is InChI=1S/C15H23NO3S/c1-2-11-20(17,18)15-6-4-3-5-14(15)16-9-10-19-12-13-7-8-13/h3-6,13,16H,2,7-12H2,1H3. The van der Waals surface area contributed by atoms with Crippen molar-refractivity contribution < 1.29 is 13.2 Å². The number of ether oxygens (including phenoxy) is 1. The van der Waals surface area contributed by atoms with Crippen LogP contribution in [0.15, 0.2) is 29.2 Å². The maximum absolute atomic E-state index is 12.2. The van der Waals surface area contributed by atoms with E-state index >= 15 is 0 Å². The number of sulfone groups is 1. The predicted molar refractivity (Wildman–Crippen MR) is 80.8 cm³/mol. The Hall–Kier alpha value is -1.07. The summed E-state index contributed by atoms with van der Waals surface area (Å²) in [4.78, 5) is 0.393. The second kappa shape index (κ2) is 7.09. The lowest BCUT2D eigenvalue weighted by molar-refractivity contribution is 0.134. The number of hydrogen-bond acceptors (Lipinski definition) is 4. The zero-order valence-electron chi connectivity index (χ0n) is 12.0. The van der Waals surface area contributed by atoms with Crippen LogP contribution in [0.4, 0.5) is 5.69 Å². The van der Waals surface area contributed by atoms with Gasteiger partial charge in [-0.05, 0) is 37.3 Å². The third kappa shape index (κ3) is 4.49. The summed E-state index contributed by atoms with van der Waals surface area (Å²) in [6.45, 7) is 3.95. The molecule has 0 amide bonds. The minimum atomic E-state index is -3.19. The van der Waals surface area contributed by atoms with Gasteiger partial charge in [-0.15, -0.1) is 0 Å². The summed E-state index contributed by atoms with van der Waals surface area (Å²) in [5, 5.41) is 3.17. The summed E-state index contributed by atoms with van der Waals surface area (Å²) in [6.07, 6.45) is 3.19. The van der Waals surface area contributed by atoms with E-state index in [4.69, 9.17) is 4.74 Å². The van der Waals surface area contributed by atoms with E-state index < -0.39 is 9.84 Å². The van der Waals surface area contributed by atoms with E-state index in [1.54, 1.807) is 12.1 Å². The van der Waals surface area contributed by atoms with Gasteiger partial charge in [0.15, 0.2) is 9.84 Å². The van der Waals surface area contributed by atoms with Gasteiger partial charge in [0.1, 0.15) is 0 Å². The monoisotopic (exact) mass is 297 g/mol. The SMILES string of the molecule is CCCS(=O)(=O)c1ccccc1NCCOCC1CC1. The van der Waals surface area contributed by atoms with E-state index in [1.807, 2.05) is 19.1 Å². The number of benzene rings is 1. The van der Waals surface area contributed by atoms with Crippen LogP contribution in [0.25, 0.3) is 0 Å². The van der Waals surface area contributed by atoms with Crippen molar-refractivity contribution in [1.82, 2.24) is 0 Å². The molecule has 0 aromatic heterocycles. The fourth-order valence-electron chi connectivity index (χ4n) is 2.05. The molecule has 1 aliphatic rings. The zero-order valence-corrected chi connectivity index (χ0v) is 12.8. The van der Waals surface area contributed by atoms with Crippen LogP contribution >= 0.6 is 0 Å². The number of nitrogens with one attached hydrogen (secondary N) is 1. The van der Waals surface area contributed by atoms with Crippen LogP contribution in [-0.4, -0.2) is 33.9 Å². The largest absolute Gasteiger partial charge is 0.382 e. The Labute approximate surface area is 121 Å². The van der Waals surface area contributed by atoms with Gasteiger partial charge in [-0.2, -0.15) is 0 Å². The molecule has 0 spiro atoms. The van der Waals surface area contributed by atoms with E-state index in [-0.39, 0.29) is 5.75 Å². The molecule has 0 aliphatic heterocycles. The molecule has 0 heterocycles. The average molecular weight is 297 g/mol.